The fourth-order valence-electron chi connectivity index (χ4n) is 3.73. The van der Waals surface area contributed by atoms with Crippen molar-refractivity contribution in [2.75, 3.05) is 6.54 Å². The van der Waals surface area contributed by atoms with Gasteiger partial charge in [0.15, 0.2) is 5.78 Å². The Labute approximate surface area is 166 Å². The predicted molar refractivity (Wildman–Crippen MR) is 106 cm³/mol. The number of halogens is 1. The second kappa shape index (κ2) is 8.13. The number of benzene rings is 1. The van der Waals surface area contributed by atoms with Crippen molar-refractivity contribution >= 4 is 33.4 Å². The Kier molecular flexibility index (Phi) is 5.85. The summed E-state index contributed by atoms with van der Waals surface area (Å²) in [5.74, 6) is -1.39. The summed E-state index contributed by atoms with van der Waals surface area (Å²) >= 11 is 3.45. The van der Waals surface area contributed by atoms with E-state index in [9.17, 15) is 14.4 Å². The minimum absolute atomic E-state index is 0.0328. The van der Waals surface area contributed by atoms with Gasteiger partial charge < -0.3 is 5.32 Å². The van der Waals surface area contributed by atoms with Gasteiger partial charge in [-0.3, -0.25) is 19.4 Å². The largest absolute Gasteiger partial charge is 0.351 e. The Balaban J connectivity index is 1.66. The van der Waals surface area contributed by atoms with Crippen molar-refractivity contribution in [3.05, 3.63) is 63.4 Å². The fraction of sp³-hybridized carbons (Fsp3) is 0.333. The third kappa shape index (κ3) is 4.16. The molecule has 5 nitrogen and oxygen atoms in total. The molecule has 1 aromatic heterocycles. The molecule has 0 saturated heterocycles. The fourth-order valence-corrected chi connectivity index (χ4v) is 4.41. The van der Waals surface area contributed by atoms with Crippen molar-refractivity contribution in [1.82, 2.24) is 10.3 Å². The molecule has 1 saturated carbocycles. The van der Waals surface area contributed by atoms with Crippen LogP contribution in [0.1, 0.15) is 45.9 Å². The highest BCUT2D eigenvalue weighted by Crippen LogP contribution is 2.37. The number of hydrogen-bond acceptors (Lipinski definition) is 4. The van der Waals surface area contributed by atoms with Crippen molar-refractivity contribution in [3.8, 4) is 0 Å². The quantitative estimate of drug-likeness (QED) is 0.738. The lowest BCUT2D eigenvalue weighted by molar-refractivity contribution is -0.124. The molecular formula is C21H21BrN2O3. The first kappa shape index (κ1) is 19.4. The number of ketones is 2. The second-order valence-electron chi connectivity index (χ2n) is 6.92. The van der Waals surface area contributed by atoms with Crippen molar-refractivity contribution in [2.45, 2.75) is 32.6 Å². The molecule has 2 atom stereocenters. The maximum absolute atomic E-state index is 12.9. The van der Waals surface area contributed by atoms with Crippen LogP contribution in [0, 0.1) is 19.8 Å². The Morgan fingerprint density at radius 3 is 2.56 bits per heavy atom. The molecule has 1 fully saturated rings. The zero-order valence-electron chi connectivity index (χ0n) is 15.3. The van der Waals surface area contributed by atoms with E-state index in [1.54, 1.807) is 24.4 Å². The first-order valence-electron chi connectivity index (χ1n) is 8.90. The van der Waals surface area contributed by atoms with Crippen LogP contribution in [-0.4, -0.2) is 29.0 Å². The van der Waals surface area contributed by atoms with Gasteiger partial charge in [0.25, 0.3) is 5.91 Å². The highest BCUT2D eigenvalue weighted by atomic mass is 79.9. The monoisotopic (exact) mass is 428 g/mol. The molecule has 0 aliphatic heterocycles. The van der Waals surface area contributed by atoms with Gasteiger partial charge in [-0.2, -0.15) is 0 Å². The van der Waals surface area contributed by atoms with Crippen LogP contribution in [0.3, 0.4) is 0 Å². The highest BCUT2D eigenvalue weighted by Gasteiger charge is 2.42. The molecule has 0 radical (unpaired) electrons. The summed E-state index contributed by atoms with van der Waals surface area (Å²) in [7, 11) is 0. The molecule has 3 rings (SSSR count). The normalized spacial score (nSPS) is 19.4. The Bertz CT molecular complexity index is 873. The zero-order valence-corrected chi connectivity index (χ0v) is 16.9. The van der Waals surface area contributed by atoms with E-state index in [4.69, 9.17) is 0 Å². The first-order valence-corrected chi connectivity index (χ1v) is 9.70. The average Bonchev–Trinajstić information content (AvgIpc) is 2.89. The van der Waals surface area contributed by atoms with E-state index in [2.05, 4.69) is 26.2 Å². The minimum Gasteiger partial charge on any atom is -0.351 e. The first-order chi connectivity index (χ1) is 12.9. The van der Waals surface area contributed by atoms with Gasteiger partial charge in [-0.1, -0.05) is 22.0 Å². The van der Waals surface area contributed by atoms with Crippen LogP contribution in [-0.2, 0) is 9.59 Å². The average molecular weight is 429 g/mol. The lowest BCUT2D eigenvalue weighted by Crippen LogP contribution is -2.27. The summed E-state index contributed by atoms with van der Waals surface area (Å²) in [6.45, 7) is 4.19. The minimum atomic E-state index is -0.686. The Hall–Kier alpha value is -2.34. The van der Waals surface area contributed by atoms with E-state index < -0.39 is 5.92 Å². The van der Waals surface area contributed by atoms with Crippen LogP contribution in [0.2, 0.25) is 0 Å². The van der Waals surface area contributed by atoms with E-state index in [0.717, 1.165) is 21.2 Å². The van der Waals surface area contributed by atoms with Gasteiger partial charge in [-0.05, 0) is 61.2 Å². The van der Waals surface area contributed by atoms with Crippen LogP contribution in [0.4, 0.5) is 0 Å². The lowest BCUT2D eigenvalue weighted by Gasteiger charge is -2.16. The summed E-state index contributed by atoms with van der Waals surface area (Å²) in [6, 6.07) is 8.99. The molecule has 1 heterocycles. The highest BCUT2D eigenvalue weighted by molar-refractivity contribution is 9.10. The molecular weight excluding hydrogens is 408 g/mol. The van der Waals surface area contributed by atoms with Gasteiger partial charge in [0.05, 0.1) is 0 Å². The van der Waals surface area contributed by atoms with Crippen molar-refractivity contribution in [2.24, 2.45) is 5.92 Å². The SMILES string of the molecule is Cc1cc(Br)cc(C)c1C1C(=O)C[C@@H](CCNC(=O)c2ccccn2)C1=O. The number of aryl methyl sites for hydroxylation is 2. The summed E-state index contributed by atoms with van der Waals surface area (Å²) in [5.41, 5.74) is 3.05. The lowest BCUT2D eigenvalue weighted by atomic mass is 9.87. The maximum atomic E-state index is 12.9. The van der Waals surface area contributed by atoms with Crippen LogP contribution in [0.5, 0.6) is 0 Å². The van der Waals surface area contributed by atoms with E-state index in [-0.39, 0.29) is 29.8 Å². The smallest absolute Gasteiger partial charge is 0.269 e. The molecule has 0 spiro atoms. The van der Waals surface area contributed by atoms with Crippen molar-refractivity contribution in [3.63, 3.8) is 0 Å². The Morgan fingerprint density at radius 1 is 1.22 bits per heavy atom. The topological polar surface area (TPSA) is 76.1 Å². The number of carbonyl (C=O) groups excluding carboxylic acids is 3. The van der Waals surface area contributed by atoms with Gasteiger partial charge in [0, 0.05) is 29.6 Å². The van der Waals surface area contributed by atoms with Gasteiger partial charge in [0.1, 0.15) is 17.4 Å². The Morgan fingerprint density at radius 2 is 1.93 bits per heavy atom. The molecule has 6 heteroatoms. The summed E-state index contributed by atoms with van der Waals surface area (Å²) in [5, 5.41) is 2.77. The van der Waals surface area contributed by atoms with Gasteiger partial charge in [-0.15, -0.1) is 0 Å². The molecule has 1 aliphatic carbocycles. The molecule has 27 heavy (non-hydrogen) atoms. The molecule has 0 bridgehead atoms. The number of hydrogen-bond donors (Lipinski definition) is 1. The van der Waals surface area contributed by atoms with E-state index in [1.165, 1.54) is 0 Å². The number of carbonyl (C=O) groups is 3. The third-order valence-corrected chi connectivity index (χ3v) is 5.44. The number of nitrogens with one attached hydrogen (secondary N) is 1. The standard InChI is InChI=1S/C21H21BrN2O3/c1-12-9-15(22)10-13(2)18(12)19-17(25)11-14(20(19)26)6-8-24-21(27)16-5-3-4-7-23-16/h3-5,7,9-10,14,19H,6,8,11H2,1-2H3,(H,24,27)/t14-,19?/m1/s1. The summed E-state index contributed by atoms with van der Waals surface area (Å²) in [6.07, 6.45) is 2.24. The number of amides is 1. The summed E-state index contributed by atoms with van der Waals surface area (Å²) < 4.78 is 0.938. The van der Waals surface area contributed by atoms with Crippen LogP contribution in [0.15, 0.2) is 41.0 Å². The number of Topliss-reactive ketones (excluding diaryl/α,β-unsaturated/α-hetero) is 2. The number of aromatic nitrogens is 1. The van der Waals surface area contributed by atoms with E-state index in [0.29, 0.717) is 18.7 Å². The molecule has 140 valence electrons. The predicted octanol–water partition coefficient (Wildman–Crippen LogP) is 3.52. The van der Waals surface area contributed by atoms with Crippen LogP contribution >= 0.6 is 15.9 Å². The number of nitrogens with zero attached hydrogens (tertiary/aromatic N) is 1. The molecule has 1 aromatic carbocycles. The van der Waals surface area contributed by atoms with Gasteiger partial charge in [-0.25, -0.2) is 0 Å². The molecule has 1 N–H and O–H groups in total. The van der Waals surface area contributed by atoms with Gasteiger partial charge in [0.2, 0.25) is 0 Å². The number of pyridine rings is 1. The molecule has 1 aliphatic rings. The van der Waals surface area contributed by atoms with Crippen LogP contribution in [0.25, 0.3) is 0 Å². The van der Waals surface area contributed by atoms with Crippen molar-refractivity contribution < 1.29 is 14.4 Å². The molecule has 1 unspecified atom stereocenters. The van der Waals surface area contributed by atoms with Crippen LogP contribution < -0.4 is 5.32 Å². The van der Waals surface area contributed by atoms with Gasteiger partial charge >= 0.3 is 0 Å². The third-order valence-electron chi connectivity index (χ3n) is 4.98. The second-order valence-corrected chi connectivity index (χ2v) is 7.83. The zero-order chi connectivity index (χ0) is 19.6. The number of rotatable bonds is 5. The molecule has 1 amide bonds. The summed E-state index contributed by atoms with van der Waals surface area (Å²) in [4.78, 5) is 41.5. The van der Waals surface area contributed by atoms with E-state index in [1.807, 2.05) is 26.0 Å². The maximum Gasteiger partial charge on any atom is 0.269 e. The van der Waals surface area contributed by atoms with Crippen molar-refractivity contribution in [1.29, 1.82) is 0 Å². The van der Waals surface area contributed by atoms with E-state index >= 15 is 0 Å². The molecule has 2 aromatic rings.